The van der Waals surface area contributed by atoms with E-state index in [0.717, 1.165) is 23.9 Å². The molecule has 3 aromatic rings. The number of para-hydroxylation sites is 2. The van der Waals surface area contributed by atoms with Crippen molar-refractivity contribution in [2.24, 2.45) is 0 Å². The maximum Gasteiger partial charge on any atom is 0.277 e. The van der Waals surface area contributed by atoms with E-state index in [2.05, 4.69) is 11.9 Å². The first-order valence-corrected chi connectivity index (χ1v) is 7.46. The summed E-state index contributed by atoms with van der Waals surface area (Å²) in [5, 5.41) is 0. The van der Waals surface area contributed by atoms with Gasteiger partial charge in [0.1, 0.15) is 11.5 Å². The lowest BCUT2D eigenvalue weighted by molar-refractivity contribution is 0.627. The summed E-state index contributed by atoms with van der Waals surface area (Å²) < 4.78 is 14.9. The number of hydrogen-bond donors (Lipinski definition) is 0. The van der Waals surface area contributed by atoms with Crippen LogP contribution in [0.5, 0.6) is 0 Å². The number of nitrogens with zero attached hydrogens (tertiary/aromatic N) is 2. The number of fused-ring (bicyclic) bond motifs is 1. The predicted octanol–water partition coefficient (Wildman–Crippen LogP) is 4.00. The van der Waals surface area contributed by atoms with Crippen LogP contribution >= 0.6 is 0 Å². The lowest BCUT2D eigenvalue weighted by Gasteiger charge is -2.12. The van der Waals surface area contributed by atoms with Crippen LogP contribution in [0.4, 0.5) is 4.39 Å². The molecule has 112 valence electrons. The van der Waals surface area contributed by atoms with Gasteiger partial charge in [-0.05, 0) is 42.8 Å². The topological polar surface area (TPSA) is 34.9 Å². The standard InChI is InChI=1S/C18H17FN2O/c1-2-3-12-21-16-7-5-4-6-15(16)20-17(18(21)22)13-8-10-14(19)11-9-13/h4-11H,2-3,12H2,1H3. The first-order valence-electron chi connectivity index (χ1n) is 7.46. The molecule has 0 saturated heterocycles. The number of unbranched alkanes of at least 4 members (excludes halogenated alkanes) is 1. The Morgan fingerprint density at radius 1 is 1.09 bits per heavy atom. The number of halogens is 1. The van der Waals surface area contributed by atoms with E-state index in [1.807, 2.05) is 24.3 Å². The molecule has 0 spiro atoms. The van der Waals surface area contributed by atoms with Crippen LogP contribution in [0.15, 0.2) is 53.3 Å². The Morgan fingerprint density at radius 2 is 1.82 bits per heavy atom. The molecule has 1 heterocycles. The van der Waals surface area contributed by atoms with Gasteiger partial charge in [-0.2, -0.15) is 0 Å². The highest BCUT2D eigenvalue weighted by Gasteiger charge is 2.12. The Bertz CT molecular complexity index is 853. The highest BCUT2D eigenvalue weighted by atomic mass is 19.1. The van der Waals surface area contributed by atoms with Gasteiger partial charge in [0, 0.05) is 12.1 Å². The average Bonchev–Trinajstić information content (AvgIpc) is 2.54. The van der Waals surface area contributed by atoms with Crippen molar-refractivity contribution in [1.82, 2.24) is 9.55 Å². The fourth-order valence-electron chi connectivity index (χ4n) is 2.53. The Labute approximate surface area is 128 Å². The zero-order chi connectivity index (χ0) is 15.5. The van der Waals surface area contributed by atoms with E-state index in [-0.39, 0.29) is 11.4 Å². The molecular formula is C18H17FN2O. The smallest absolute Gasteiger partial charge is 0.277 e. The number of hydrogen-bond acceptors (Lipinski definition) is 2. The van der Waals surface area contributed by atoms with E-state index < -0.39 is 0 Å². The van der Waals surface area contributed by atoms with Gasteiger partial charge in [0.15, 0.2) is 0 Å². The molecule has 0 aliphatic heterocycles. The summed E-state index contributed by atoms with van der Waals surface area (Å²) in [6.07, 6.45) is 1.94. The van der Waals surface area contributed by atoms with E-state index >= 15 is 0 Å². The third-order valence-electron chi connectivity index (χ3n) is 3.71. The van der Waals surface area contributed by atoms with Gasteiger partial charge in [-0.3, -0.25) is 4.79 Å². The minimum absolute atomic E-state index is 0.126. The first-order chi connectivity index (χ1) is 10.7. The predicted molar refractivity (Wildman–Crippen MR) is 86.3 cm³/mol. The molecular weight excluding hydrogens is 279 g/mol. The first kappa shape index (κ1) is 14.4. The molecule has 4 heteroatoms. The number of aromatic nitrogens is 2. The highest BCUT2D eigenvalue weighted by molar-refractivity contribution is 5.77. The van der Waals surface area contributed by atoms with Gasteiger partial charge >= 0.3 is 0 Å². The van der Waals surface area contributed by atoms with Crippen LogP contribution in [0.1, 0.15) is 19.8 Å². The van der Waals surface area contributed by atoms with Gasteiger partial charge in [-0.15, -0.1) is 0 Å². The van der Waals surface area contributed by atoms with Gasteiger partial charge in [0.25, 0.3) is 5.56 Å². The van der Waals surface area contributed by atoms with Crippen molar-refractivity contribution in [3.63, 3.8) is 0 Å². The Morgan fingerprint density at radius 3 is 2.55 bits per heavy atom. The lowest BCUT2D eigenvalue weighted by Crippen LogP contribution is -2.23. The van der Waals surface area contributed by atoms with E-state index in [9.17, 15) is 9.18 Å². The molecule has 0 fully saturated rings. The maximum atomic E-state index is 13.1. The highest BCUT2D eigenvalue weighted by Crippen LogP contribution is 2.18. The normalized spacial score (nSPS) is 11.0. The van der Waals surface area contributed by atoms with Gasteiger partial charge in [0.05, 0.1) is 11.0 Å². The minimum atomic E-state index is -0.323. The molecule has 2 aromatic carbocycles. The molecule has 0 atom stereocenters. The summed E-state index contributed by atoms with van der Waals surface area (Å²) >= 11 is 0. The van der Waals surface area contributed by atoms with Crippen molar-refractivity contribution >= 4 is 11.0 Å². The Kier molecular flexibility index (Phi) is 4.00. The van der Waals surface area contributed by atoms with E-state index in [1.54, 1.807) is 16.7 Å². The SMILES string of the molecule is CCCCn1c(=O)c(-c2ccc(F)cc2)nc2ccccc21. The van der Waals surface area contributed by atoms with Crippen LogP contribution in [0.3, 0.4) is 0 Å². The number of rotatable bonds is 4. The quantitative estimate of drug-likeness (QED) is 0.729. The second kappa shape index (κ2) is 6.10. The van der Waals surface area contributed by atoms with E-state index in [1.165, 1.54) is 12.1 Å². The fraction of sp³-hybridized carbons (Fsp3) is 0.222. The van der Waals surface area contributed by atoms with Crippen molar-refractivity contribution in [3.05, 3.63) is 64.7 Å². The zero-order valence-corrected chi connectivity index (χ0v) is 12.4. The third-order valence-corrected chi connectivity index (χ3v) is 3.71. The number of benzene rings is 2. The second-order valence-corrected chi connectivity index (χ2v) is 5.27. The molecule has 0 aliphatic rings. The summed E-state index contributed by atoms with van der Waals surface area (Å²) in [7, 11) is 0. The van der Waals surface area contributed by atoms with E-state index in [4.69, 9.17) is 0 Å². The summed E-state index contributed by atoms with van der Waals surface area (Å²) in [5.74, 6) is -0.323. The molecule has 0 unspecified atom stereocenters. The maximum absolute atomic E-state index is 13.1. The summed E-state index contributed by atoms with van der Waals surface area (Å²) in [4.78, 5) is 17.3. The van der Waals surface area contributed by atoms with Crippen LogP contribution in [-0.2, 0) is 6.54 Å². The van der Waals surface area contributed by atoms with E-state index in [0.29, 0.717) is 17.8 Å². The molecule has 0 N–H and O–H groups in total. The molecule has 0 saturated carbocycles. The molecule has 0 radical (unpaired) electrons. The zero-order valence-electron chi connectivity index (χ0n) is 12.4. The molecule has 0 amide bonds. The lowest BCUT2D eigenvalue weighted by atomic mass is 10.1. The van der Waals surface area contributed by atoms with Crippen molar-refractivity contribution in [3.8, 4) is 11.3 Å². The van der Waals surface area contributed by atoms with Gasteiger partial charge in [0.2, 0.25) is 0 Å². The molecule has 1 aromatic heterocycles. The second-order valence-electron chi connectivity index (χ2n) is 5.27. The third kappa shape index (κ3) is 2.64. The van der Waals surface area contributed by atoms with Gasteiger partial charge < -0.3 is 4.57 Å². The largest absolute Gasteiger partial charge is 0.305 e. The van der Waals surface area contributed by atoms with Crippen LogP contribution in [0, 0.1) is 5.82 Å². The monoisotopic (exact) mass is 296 g/mol. The van der Waals surface area contributed by atoms with Crippen LogP contribution in [0.2, 0.25) is 0 Å². The molecule has 22 heavy (non-hydrogen) atoms. The van der Waals surface area contributed by atoms with Crippen LogP contribution in [-0.4, -0.2) is 9.55 Å². The number of aryl methyl sites for hydroxylation is 1. The van der Waals surface area contributed by atoms with Crippen LogP contribution in [0.25, 0.3) is 22.3 Å². The van der Waals surface area contributed by atoms with Crippen molar-refractivity contribution < 1.29 is 4.39 Å². The average molecular weight is 296 g/mol. The van der Waals surface area contributed by atoms with Gasteiger partial charge in [-0.25, -0.2) is 9.37 Å². The summed E-state index contributed by atoms with van der Waals surface area (Å²) in [6, 6.07) is 13.5. The summed E-state index contributed by atoms with van der Waals surface area (Å²) in [5.41, 5.74) is 2.50. The molecule has 3 rings (SSSR count). The molecule has 0 bridgehead atoms. The fourth-order valence-corrected chi connectivity index (χ4v) is 2.53. The molecule has 0 aliphatic carbocycles. The molecule has 3 nitrogen and oxygen atoms in total. The van der Waals surface area contributed by atoms with Gasteiger partial charge in [-0.1, -0.05) is 25.5 Å². The van der Waals surface area contributed by atoms with Crippen molar-refractivity contribution in [1.29, 1.82) is 0 Å². The van der Waals surface area contributed by atoms with Crippen molar-refractivity contribution in [2.45, 2.75) is 26.3 Å². The Balaban J connectivity index is 2.24. The minimum Gasteiger partial charge on any atom is -0.305 e. The van der Waals surface area contributed by atoms with Crippen molar-refractivity contribution in [2.75, 3.05) is 0 Å². The summed E-state index contributed by atoms with van der Waals surface area (Å²) in [6.45, 7) is 2.75. The van der Waals surface area contributed by atoms with Crippen LogP contribution < -0.4 is 5.56 Å². The Hall–Kier alpha value is -2.49.